The van der Waals surface area contributed by atoms with Crippen molar-refractivity contribution < 1.29 is 8.78 Å². The van der Waals surface area contributed by atoms with Crippen molar-refractivity contribution in [3.05, 3.63) is 35.4 Å². The highest BCUT2D eigenvalue weighted by Crippen LogP contribution is 2.05. The predicted molar refractivity (Wildman–Crippen MR) is 66.7 cm³/mol. The predicted octanol–water partition coefficient (Wildman–Crippen LogP) is 1.48. The summed E-state index contributed by atoms with van der Waals surface area (Å²) in [6.07, 6.45) is 1.15. The molecule has 2 aromatic rings. The number of hydrogen-bond acceptors (Lipinski definition) is 3. The fraction of sp³-hybridized carbons (Fsp3) is 0.500. The lowest BCUT2D eigenvalue weighted by Gasteiger charge is -2.02. The molecule has 2 aromatic heterocycles. The fourth-order valence-corrected chi connectivity index (χ4v) is 1.89. The molecule has 0 spiro atoms. The Balaban J connectivity index is 1.82. The first-order valence-electron chi connectivity index (χ1n) is 6.05. The molecule has 0 amide bonds. The van der Waals surface area contributed by atoms with Crippen molar-refractivity contribution in [2.75, 3.05) is 0 Å². The summed E-state index contributed by atoms with van der Waals surface area (Å²) in [6, 6.07) is 1.74. The van der Waals surface area contributed by atoms with Gasteiger partial charge in [-0.25, -0.2) is 8.78 Å². The zero-order valence-corrected chi connectivity index (χ0v) is 11.0. The molecule has 0 fully saturated rings. The minimum Gasteiger partial charge on any atom is -0.307 e. The normalized spacial score (nSPS) is 11.4. The summed E-state index contributed by atoms with van der Waals surface area (Å²) in [5.74, 6) is 0. The summed E-state index contributed by atoms with van der Waals surface area (Å²) in [4.78, 5) is 0. The van der Waals surface area contributed by atoms with Gasteiger partial charge in [-0.15, -0.1) is 0 Å². The standard InChI is InChI=1S/C12H17F2N5/c1-9-10(7-18(2)16-9)5-15-6-11-3-4-19(17-11)8-12(13)14/h3-4,7,12,15H,5-6,8H2,1-2H3. The van der Waals surface area contributed by atoms with Crippen LogP contribution in [-0.4, -0.2) is 26.0 Å². The largest absolute Gasteiger partial charge is 0.307 e. The van der Waals surface area contributed by atoms with Crippen LogP contribution in [0.5, 0.6) is 0 Å². The van der Waals surface area contributed by atoms with E-state index in [1.807, 2.05) is 20.2 Å². The number of aryl methyl sites for hydroxylation is 2. The van der Waals surface area contributed by atoms with E-state index in [2.05, 4.69) is 15.5 Å². The zero-order chi connectivity index (χ0) is 13.8. The summed E-state index contributed by atoms with van der Waals surface area (Å²) in [7, 11) is 1.88. The fourth-order valence-electron chi connectivity index (χ4n) is 1.89. The van der Waals surface area contributed by atoms with Gasteiger partial charge in [0.05, 0.1) is 11.4 Å². The third kappa shape index (κ3) is 3.85. The van der Waals surface area contributed by atoms with Crippen LogP contribution in [0.1, 0.15) is 17.0 Å². The highest BCUT2D eigenvalue weighted by atomic mass is 19.3. The molecule has 5 nitrogen and oxygen atoms in total. The smallest absolute Gasteiger partial charge is 0.257 e. The molecule has 0 atom stereocenters. The maximum atomic E-state index is 12.2. The molecule has 19 heavy (non-hydrogen) atoms. The maximum Gasteiger partial charge on any atom is 0.257 e. The molecule has 7 heteroatoms. The Labute approximate surface area is 110 Å². The van der Waals surface area contributed by atoms with E-state index in [-0.39, 0.29) is 6.54 Å². The van der Waals surface area contributed by atoms with Gasteiger partial charge in [-0.1, -0.05) is 0 Å². The van der Waals surface area contributed by atoms with Gasteiger partial charge in [-0.2, -0.15) is 10.2 Å². The lowest BCUT2D eigenvalue weighted by molar-refractivity contribution is 0.121. The summed E-state index contributed by atoms with van der Waals surface area (Å²) in [6.45, 7) is 2.82. The number of hydrogen-bond donors (Lipinski definition) is 1. The van der Waals surface area contributed by atoms with E-state index in [0.717, 1.165) is 17.0 Å². The number of aromatic nitrogens is 4. The van der Waals surface area contributed by atoms with Crippen LogP contribution in [-0.2, 0) is 26.7 Å². The van der Waals surface area contributed by atoms with Gasteiger partial charge in [0.1, 0.15) is 6.54 Å². The Bertz CT molecular complexity index is 532. The Morgan fingerprint density at radius 3 is 2.74 bits per heavy atom. The number of nitrogens with one attached hydrogen (secondary N) is 1. The number of halogens is 2. The van der Waals surface area contributed by atoms with Crippen LogP contribution in [0.15, 0.2) is 18.5 Å². The van der Waals surface area contributed by atoms with E-state index in [9.17, 15) is 8.78 Å². The minimum atomic E-state index is -2.38. The molecule has 1 N–H and O–H groups in total. The number of rotatable bonds is 6. The van der Waals surface area contributed by atoms with E-state index in [1.165, 1.54) is 4.68 Å². The summed E-state index contributed by atoms with van der Waals surface area (Å²) in [5.41, 5.74) is 2.86. The maximum absolute atomic E-state index is 12.2. The second-order valence-electron chi connectivity index (χ2n) is 4.44. The Hall–Kier alpha value is -1.76. The number of nitrogens with zero attached hydrogens (tertiary/aromatic N) is 4. The van der Waals surface area contributed by atoms with Crippen LogP contribution in [0.2, 0.25) is 0 Å². The van der Waals surface area contributed by atoms with Crippen molar-refractivity contribution in [1.29, 1.82) is 0 Å². The second-order valence-corrected chi connectivity index (χ2v) is 4.44. The van der Waals surface area contributed by atoms with Crippen molar-refractivity contribution in [1.82, 2.24) is 24.9 Å². The van der Waals surface area contributed by atoms with E-state index in [4.69, 9.17) is 0 Å². The molecule has 0 unspecified atom stereocenters. The average molecular weight is 269 g/mol. The van der Waals surface area contributed by atoms with Gasteiger partial charge in [0.15, 0.2) is 0 Å². The molecule has 0 aliphatic carbocycles. The first-order chi connectivity index (χ1) is 9.04. The second kappa shape index (κ2) is 5.92. The van der Waals surface area contributed by atoms with Crippen LogP contribution in [0.25, 0.3) is 0 Å². The van der Waals surface area contributed by atoms with Crippen LogP contribution < -0.4 is 5.32 Å². The van der Waals surface area contributed by atoms with E-state index < -0.39 is 6.43 Å². The van der Waals surface area contributed by atoms with Crippen molar-refractivity contribution in [3.63, 3.8) is 0 Å². The van der Waals surface area contributed by atoms with Gasteiger partial charge in [0.2, 0.25) is 0 Å². The first kappa shape index (κ1) is 13.7. The third-order valence-electron chi connectivity index (χ3n) is 2.76. The molecule has 2 heterocycles. The lowest BCUT2D eigenvalue weighted by Crippen LogP contribution is -2.14. The van der Waals surface area contributed by atoms with Crippen molar-refractivity contribution in [3.8, 4) is 0 Å². The highest BCUT2D eigenvalue weighted by Gasteiger charge is 2.06. The Kier molecular flexibility index (Phi) is 4.26. The number of alkyl halides is 2. The Morgan fingerprint density at radius 2 is 2.11 bits per heavy atom. The molecule has 0 aliphatic rings. The van der Waals surface area contributed by atoms with E-state index in [1.54, 1.807) is 16.9 Å². The van der Waals surface area contributed by atoms with Gasteiger partial charge in [0.25, 0.3) is 6.43 Å². The van der Waals surface area contributed by atoms with E-state index >= 15 is 0 Å². The lowest BCUT2D eigenvalue weighted by atomic mass is 10.2. The van der Waals surface area contributed by atoms with Crippen molar-refractivity contribution >= 4 is 0 Å². The topological polar surface area (TPSA) is 47.7 Å². The molecule has 0 bridgehead atoms. The van der Waals surface area contributed by atoms with Gasteiger partial charge in [-0.05, 0) is 13.0 Å². The molecule has 0 saturated heterocycles. The molecule has 0 aromatic carbocycles. The summed E-state index contributed by atoms with van der Waals surface area (Å²) >= 11 is 0. The van der Waals surface area contributed by atoms with Crippen LogP contribution in [0.4, 0.5) is 8.78 Å². The molecular weight excluding hydrogens is 252 g/mol. The summed E-state index contributed by atoms with van der Waals surface area (Å²) in [5, 5.41) is 11.5. The van der Waals surface area contributed by atoms with Crippen LogP contribution >= 0.6 is 0 Å². The molecule has 0 saturated carbocycles. The van der Waals surface area contributed by atoms with E-state index in [0.29, 0.717) is 13.1 Å². The first-order valence-corrected chi connectivity index (χ1v) is 6.05. The summed E-state index contributed by atoms with van der Waals surface area (Å²) < 4.78 is 27.4. The van der Waals surface area contributed by atoms with Gasteiger partial charge >= 0.3 is 0 Å². The molecule has 2 rings (SSSR count). The zero-order valence-electron chi connectivity index (χ0n) is 11.0. The van der Waals surface area contributed by atoms with Gasteiger partial charge in [0, 0.05) is 38.1 Å². The molecule has 0 aliphatic heterocycles. The minimum absolute atomic E-state index is 0.359. The van der Waals surface area contributed by atoms with Gasteiger partial charge < -0.3 is 5.32 Å². The van der Waals surface area contributed by atoms with Gasteiger partial charge in [-0.3, -0.25) is 9.36 Å². The Morgan fingerprint density at radius 1 is 1.32 bits per heavy atom. The SMILES string of the molecule is Cc1nn(C)cc1CNCc1ccn(CC(F)F)n1. The highest BCUT2D eigenvalue weighted by molar-refractivity contribution is 5.15. The molecule has 0 radical (unpaired) electrons. The third-order valence-corrected chi connectivity index (χ3v) is 2.76. The average Bonchev–Trinajstić information content (AvgIpc) is 2.86. The molecule has 104 valence electrons. The monoisotopic (exact) mass is 269 g/mol. The quantitative estimate of drug-likeness (QED) is 0.864. The van der Waals surface area contributed by atoms with Crippen LogP contribution in [0, 0.1) is 6.92 Å². The van der Waals surface area contributed by atoms with Crippen LogP contribution in [0.3, 0.4) is 0 Å². The molecular formula is C12H17F2N5. The van der Waals surface area contributed by atoms with Crippen molar-refractivity contribution in [2.45, 2.75) is 33.0 Å². The van der Waals surface area contributed by atoms with Crippen molar-refractivity contribution in [2.24, 2.45) is 7.05 Å².